The van der Waals surface area contributed by atoms with Gasteiger partial charge in [0.05, 0.1) is 0 Å². The van der Waals surface area contributed by atoms with Crippen LogP contribution in [0.3, 0.4) is 0 Å². The minimum Gasteiger partial charge on any atom is -0.322 e. The summed E-state index contributed by atoms with van der Waals surface area (Å²) in [4.78, 5) is 4.02. The summed E-state index contributed by atoms with van der Waals surface area (Å²) in [6, 6.07) is 2.13. The zero-order chi connectivity index (χ0) is 10.7. The molecule has 1 heterocycles. The van der Waals surface area contributed by atoms with E-state index in [1.807, 2.05) is 10.8 Å². The van der Waals surface area contributed by atoms with Crippen LogP contribution in [0.4, 0.5) is 0 Å². The molecule has 2 atom stereocenters. The van der Waals surface area contributed by atoms with Crippen LogP contribution in [-0.4, -0.2) is 9.55 Å². The fraction of sp³-hybridized carbons (Fsp3) is 0.667. The van der Waals surface area contributed by atoms with Crippen molar-refractivity contribution in [2.45, 2.75) is 39.2 Å². The van der Waals surface area contributed by atoms with Crippen LogP contribution in [0.25, 0.3) is 0 Å². The Balaban J connectivity index is 1.99. The number of aromatic nitrogens is 2. The van der Waals surface area contributed by atoms with Gasteiger partial charge in [-0.1, -0.05) is 19.8 Å². The molecule has 1 aromatic rings. The van der Waals surface area contributed by atoms with E-state index in [0.717, 1.165) is 18.4 Å². The highest BCUT2D eigenvalue weighted by Gasteiger charge is 2.19. The molecule has 1 saturated carbocycles. The van der Waals surface area contributed by atoms with Gasteiger partial charge in [-0.15, -0.1) is 0 Å². The molecule has 2 rings (SSSR count). The number of hydrogen-bond acceptors (Lipinski definition) is 2. The van der Waals surface area contributed by atoms with Crippen LogP contribution in [0.2, 0.25) is 0 Å². The topological polar surface area (TPSA) is 41.6 Å². The van der Waals surface area contributed by atoms with Gasteiger partial charge in [0.15, 0.2) is 0 Å². The minimum atomic E-state index is 0.549. The number of nitriles is 1. The molecule has 0 aromatic carbocycles. The molecule has 1 aliphatic carbocycles. The molecule has 0 bridgehead atoms. The van der Waals surface area contributed by atoms with Gasteiger partial charge < -0.3 is 4.57 Å². The zero-order valence-electron chi connectivity index (χ0n) is 9.19. The molecule has 0 N–H and O–H groups in total. The van der Waals surface area contributed by atoms with Crippen LogP contribution < -0.4 is 0 Å². The van der Waals surface area contributed by atoms with Gasteiger partial charge in [0.1, 0.15) is 6.07 Å². The van der Waals surface area contributed by atoms with E-state index in [2.05, 4.69) is 18.0 Å². The Hall–Kier alpha value is -1.30. The molecule has 0 saturated heterocycles. The molecule has 1 aromatic heterocycles. The summed E-state index contributed by atoms with van der Waals surface area (Å²) in [5.41, 5.74) is 0. The predicted octanol–water partition coefficient (Wildman–Crippen LogP) is 2.58. The Morgan fingerprint density at radius 2 is 2.47 bits per heavy atom. The first-order valence-electron chi connectivity index (χ1n) is 5.71. The average Bonchev–Trinajstić information content (AvgIpc) is 2.65. The summed E-state index contributed by atoms with van der Waals surface area (Å²) in [7, 11) is 0. The molecule has 1 fully saturated rings. The van der Waals surface area contributed by atoms with Crippen molar-refractivity contribution in [3.8, 4) is 6.07 Å². The highest BCUT2D eigenvalue weighted by molar-refractivity contribution is 5.11. The fourth-order valence-corrected chi connectivity index (χ4v) is 2.57. The third-order valence-electron chi connectivity index (χ3n) is 3.32. The highest BCUT2D eigenvalue weighted by Crippen LogP contribution is 2.29. The van der Waals surface area contributed by atoms with Crippen molar-refractivity contribution >= 4 is 0 Å². The largest absolute Gasteiger partial charge is 0.322 e. The molecule has 1 aliphatic rings. The van der Waals surface area contributed by atoms with E-state index in [1.54, 1.807) is 6.20 Å². The van der Waals surface area contributed by atoms with E-state index in [0.29, 0.717) is 5.82 Å². The Bertz CT molecular complexity index is 361. The average molecular weight is 203 g/mol. The summed E-state index contributed by atoms with van der Waals surface area (Å²) < 4.78 is 1.99. The van der Waals surface area contributed by atoms with Crippen LogP contribution >= 0.6 is 0 Å². The Kier molecular flexibility index (Phi) is 3.05. The summed E-state index contributed by atoms with van der Waals surface area (Å²) in [5, 5.41) is 8.86. The van der Waals surface area contributed by atoms with Gasteiger partial charge in [0.2, 0.25) is 5.82 Å². The van der Waals surface area contributed by atoms with Crippen LogP contribution in [0.1, 0.15) is 38.4 Å². The van der Waals surface area contributed by atoms with E-state index in [9.17, 15) is 0 Å². The number of imidazole rings is 1. The molecule has 0 unspecified atom stereocenters. The first-order chi connectivity index (χ1) is 7.29. The first-order valence-corrected chi connectivity index (χ1v) is 5.71. The Morgan fingerprint density at radius 1 is 1.60 bits per heavy atom. The van der Waals surface area contributed by atoms with Gasteiger partial charge in [0.25, 0.3) is 0 Å². The Labute approximate surface area is 90.7 Å². The maximum absolute atomic E-state index is 8.86. The maximum Gasteiger partial charge on any atom is 0.212 e. The third-order valence-corrected chi connectivity index (χ3v) is 3.32. The van der Waals surface area contributed by atoms with Crippen LogP contribution in [-0.2, 0) is 6.54 Å². The quantitative estimate of drug-likeness (QED) is 0.741. The van der Waals surface area contributed by atoms with Crippen molar-refractivity contribution in [2.75, 3.05) is 0 Å². The Morgan fingerprint density at radius 3 is 3.20 bits per heavy atom. The van der Waals surface area contributed by atoms with Crippen LogP contribution in [0, 0.1) is 23.2 Å². The van der Waals surface area contributed by atoms with Crippen molar-refractivity contribution < 1.29 is 0 Å². The molecule has 3 heteroatoms. The maximum atomic E-state index is 8.86. The monoisotopic (exact) mass is 203 g/mol. The van der Waals surface area contributed by atoms with Crippen molar-refractivity contribution in [3.63, 3.8) is 0 Å². The molecule has 0 amide bonds. The van der Waals surface area contributed by atoms with Crippen molar-refractivity contribution in [1.82, 2.24) is 9.55 Å². The number of nitrogens with zero attached hydrogens (tertiary/aromatic N) is 3. The summed E-state index contributed by atoms with van der Waals surface area (Å²) >= 11 is 0. The number of hydrogen-bond donors (Lipinski definition) is 0. The smallest absolute Gasteiger partial charge is 0.212 e. The van der Waals surface area contributed by atoms with E-state index in [-0.39, 0.29) is 0 Å². The molecular formula is C12H17N3. The van der Waals surface area contributed by atoms with E-state index >= 15 is 0 Å². The second-order valence-corrected chi connectivity index (χ2v) is 4.65. The standard InChI is InChI=1S/C12H17N3/c1-10-3-2-4-11(7-10)9-15-6-5-14-12(15)8-13/h5-6,10-11H,2-4,7,9H2,1H3/t10-,11+/m1/s1. The normalized spacial score (nSPS) is 26.1. The van der Waals surface area contributed by atoms with E-state index in [4.69, 9.17) is 5.26 Å². The van der Waals surface area contributed by atoms with Gasteiger partial charge in [-0.25, -0.2) is 4.98 Å². The van der Waals surface area contributed by atoms with Gasteiger partial charge in [0, 0.05) is 18.9 Å². The number of rotatable bonds is 2. The predicted molar refractivity (Wildman–Crippen MR) is 58.1 cm³/mol. The summed E-state index contributed by atoms with van der Waals surface area (Å²) in [5.74, 6) is 2.13. The molecular weight excluding hydrogens is 186 g/mol. The molecule has 15 heavy (non-hydrogen) atoms. The van der Waals surface area contributed by atoms with E-state index in [1.165, 1.54) is 25.7 Å². The second-order valence-electron chi connectivity index (χ2n) is 4.65. The molecule has 0 spiro atoms. The molecule has 3 nitrogen and oxygen atoms in total. The second kappa shape index (κ2) is 4.48. The lowest BCUT2D eigenvalue weighted by atomic mass is 9.82. The lowest BCUT2D eigenvalue weighted by Gasteiger charge is -2.26. The van der Waals surface area contributed by atoms with Crippen LogP contribution in [0.5, 0.6) is 0 Å². The zero-order valence-corrected chi connectivity index (χ0v) is 9.19. The lowest BCUT2D eigenvalue weighted by molar-refractivity contribution is 0.256. The molecule has 0 radical (unpaired) electrons. The van der Waals surface area contributed by atoms with Gasteiger partial charge in [-0.2, -0.15) is 5.26 Å². The SMILES string of the molecule is C[C@@H]1CCC[C@H](Cn2ccnc2C#N)C1. The lowest BCUT2D eigenvalue weighted by Crippen LogP contribution is -2.18. The fourth-order valence-electron chi connectivity index (χ4n) is 2.57. The van der Waals surface area contributed by atoms with Gasteiger partial charge in [-0.3, -0.25) is 0 Å². The minimum absolute atomic E-state index is 0.549. The van der Waals surface area contributed by atoms with Gasteiger partial charge >= 0.3 is 0 Å². The van der Waals surface area contributed by atoms with E-state index < -0.39 is 0 Å². The summed E-state index contributed by atoms with van der Waals surface area (Å²) in [6.45, 7) is 3.29. The first kappa shape index (κ1) is 10.2. The van der Waals surface area contributed by atoms with Gasteiger partial charge in [-0.05, 0) is 24.7 Å². The van der Waals surface area contributed by atoms with Crippen LogP contribution in [0.15, 0.2) is 12.4 Å². The summed E-state index contributed by atoms with van der Waals surface area (Å²) in [6.07, 6.45) is 8.92. The molecule has 80 valence electrons. The van der Waals surface area contributed by atoms with Crippen molar-refractivity contribution in [2.24, 2.45) is 11.8 Å². The van der Waals surface area contributed by atoms with Crippen molar-refractivity contribution in [1.29, 1.82) is 5.26 Å². The highest BCUT2D eigenvalue weighted by atomic mass is 15.1. The van der Waals surface area contributed by atoms with Crippen molar-refractivity contribution in [3.05, 3.63) is 18.2 Å². The third kappa shape index (κ3) is 2.38. The molecule has 0 aliphatic heterocycles.